The van der Waals surface area contributed by atoms with Gasteiger partial charge in [0.05, 0.1) is 6.54 Å². The molecule has 0 aromatic heterocycles. The number of rotatable bonds is 6. The van der Waals surface area contributed by atoms with Crippen molar-refractivity contribution in [2.75, 3.05) is 6.54 Å². The van der Waals surface area contributed by atoms with E-state index in [4.69, 9.17) is 5.73 Å². The Morgan fingerprint density at radius 3 is 2.25 bits per heavy atom. The first-order valence-corrected chi connectivity index (χ1v) is 5.02. The minimum Gasteiger partial charge on any atom is -0.245 e. The first kappa shape index (κ1) is 11.5. The van der Waals surface area contributed by atoms with Crippen LogP contribution in [0.25, 0.3) is 0 Å². The molecule has 1 radical (unpaired) electrons. The van der Waals surface area contributed by atoms with Crippen LogP contribution >= 0.6 is 0 Å². The lowest BCUT2D eigenvalue weighted by Gasteiger charge is -1.96. The van der Waals surface area contributed by atoms with Gasteiger partial charge < -0.3 is 0 Å². The highest BCUT2D eigenvalue weighted by atomic mass is 14.5. The lowest BCUT2D eigenvalue weighted by atomic mass is 10.1. The van der Waals surface area contributed by atoms with E-state index in [0.29, 0.717) is 0 Å². The van der Waals surface area contributed by atoms with E-state index in [9.17, 15) is 0 Å². The highest BCUT2D eigenvalue weighted by Gasteiger charge is 1.87. The molecule has 0 saturated heterocycles. The molecule has 1 heteroatoms. The summed E-state index contributed by atoms with van der Waals surface area (Å²) in [5.41, 5.74) is 6.80. The zero-order chi connectivity index (χ0) is 9.07. The fraction of sp³-hybridized carbons (Fsp3) is 0.818. The average molecular weight is 166 g/mol. The van der Waals surface area contributed by atoms with Crippen LogP contribution in [0.4, 0.5) is 0 Å². The van der Waals surface area contributed by atoms with Crippen molar-refractivity contribution in [1.82, 2.24) is 5.73 Å². The first-order chi connectivity index (χ1) is 5.91. The van der Waals surface area contributed by atoms with E-state index in [1.165, 1.54) is 38.5 Å². The van der Waals surface area contributed by atoms with Crippen molar-refractivity contribution in [3.8, 4) is 11.8 Å². The Bertz CT molecular complexity index is 130. The third-order valence-corrected chi connectivity index (χ3v) is 1.87. The Balaban J connectivity index is 2.91. The lowest BCUT2D eigenvalue weighted by molar-refractivity contribution is 0.614. The molecule has 0 spiro atoms. The predicted molar refractivity (Wildman–Crippen MR) is 53.7 cm³/mol. The summed E-state index contributed by atoms with van der Waals surface area (Å²) < 4.78 is 0. The van der Waals surface area contributed by atoms with Crippen LogP contribution in [-0.4, -0.2) is 6.54 Å². The Morgan fingerprint density at radius 1 is 0.917 bits per heavy atom. The Labute approximate surface area is 76.7 Å². The second-order valence-corrected chi connectivity index (χ2v) is 3.05. The van der Waals surface area contributed by atoms with Crippen molar-refractivity contribution in [1.29, 1.82) is 0 Å². The van der Waals surface area contributed by atoms with E-state index >= 15 is 0 Å². The van der Waals surface area contributed by atoms with E-state index in [2.05, 4.69) is 18.8 Å². The van der Waals surface area contributed by atoms with Crippen LogP contribution in [0.3, 0.4) is 0 Å². The summed E-state index contributed by atoms with van der Waals surface area (Å²) in [6.45, 7) is 2.50. The molecule has 0 rings (SSSR count). The molecule has 0 aromatic rings. The van der Waals surface area contributed by atoms with Gasteiger partial charge in [-0.2, -0.15) is 0 Å². The topological polar surface area (TPSA) is 23.8 Å². The SMILES string of the molecule is CCCCCCCCC#CC[NH]. The van der Waals surface area contributed by atoms with Crippen LogP contribution < -0.4 is 5.73 Å². The van der Waals surface area contributed by atoms with E-state index < -0.39 is 0 Å². The van der Waals surface area contributed by atoms with Gasteiger partial charge in [-0.05, 0) is 6.42 Å². The Morgan fingerprint density at radius 2 is 1.58 bits per heavy atom. The van der Waals surface area contributed by atoms with E-state index in [1.54, 1.807) is 0 Å². The Kier molecular flexibility index (Phi) is 10.1. The fourth-order valence-electron chi connectivity index (χ4n) is 1.14. The molecule has 1 nitrogen and oxygen atoms in total. The molecule has 12 heavy (non-hydrogen) atoms. The molecule has 0 atom stereocenters. The maximum absolute atomic E-state index is 6.80. The van der Waals surface area contributed by atoms with Gasteiger partial charge in [-0.15, -0.1) is 5.92 Å². The van der Waals surface area contributed by atoms with Crippen molar-refractivity contribution in [3.63, 3.8) is 0 Å². The molecule has 0 heterocycles. The zero-order valence-electron chi connectivity index (χ0n) is 8.16. The van der Waals surface area contributed by atoms with Crippen LogP contribution in [0.5, 0.6) is 0 Å². The number of nitrogens with one attached hydrogen (secondary N) is 1. The maximum Gasteiger partial charge on any atom is 0.0712 e. The van der Waals surface area contributed by atoms with Crippen molar-refractivity contribution >= 4 is 0 Å². The predicted octanol–water partition coefficient (Wildman–Crippen LogP) is 3.02. The van der Waals surface area contributed by atoms with Gasteiger partial charge >= 0.3 is 0 Å². The molecule has 0 aromatic carbocycles. The van der Waals surface area contributed by atoms with Gasteiger partial charge in [0.25, 0.3) is 0 Å². The van der Waals surface area contributed by atoms with Crippen molar-refractivity contribution in [2.45, 2.75) is 51.9 Å². The maximum atomic E-state index is 6.80. The molecule has 0 fully saturated rings. The van der Waals surface area contributed by atoms with Gasteiger partial charge in [-0.3, -0.25) is 0 Å². The number of unbranched alkanes of at least 4 members (excludes halogenated alkanes) is 6. The fourth-order valence-corrected chi connectivity index (χ4v) is 1.14. The summed E-state index contributed by atoms with van der Waals surface area (Å²) in [6, 6.07) is 0. The summed E-state index contributed by atoms with van der Waals surface area (Å²) in [5, 5.41) is 0. The van der Waals surface area contributed by atoms with Gasteiger partial charge in [0.15, 0.2) is 0 Å². The molecule has 1 N–H and O–H groups in total. The van der Waals surface area contributed by atoms with Crippen molar-refractivity contribution in [3.05, 3.63) is 0 Å². The van der Waals surface area contributed by atoms with Crippen LogP contribution in [0.1, 0.15) is 51.9 Å². The summed E-state index contributed by atoms with van der Waals surface area (Å²) in [5.74, 6) is 5.76. The molecular formula is C11H20N. The van der Waals surface area contributed by atoms with Gasteiger partial charge in [0.2, 0.25) is 0 Å². The van der Waals surface area contributed by atoms with E-state index in [-0.39, 0.29) is 6.54 Å². The zero-order valence-corrected chi connectivity index (χ0v) is 8.16. The third kappa shape index (κ3) is 9.52. The standard InChI is InChI=1S/C11H20N/c1-2-3-4-5-6-7-8-9-10-11-12/h12H,2-8,11H2,1H3. The summed E-state index contributed by atoms with van der Waals surface area (Å²) in [7, 11) is 0. The van der Waals surface area contributed by atoms with Crippen molar-refractivity contribution in [2.24, 2.45) is 0 Å². The normalized spacial score (nSPS) is 9.17. The summed E-state index contributed by atoms with van der Waals surface area (Å²) >= 11 is 0. The van der Waals surface area contributed by atoms with Crippen molar-refractivity contribution < 1.29 is 0 Å². The molecule has 0 aliphatic rings. The molecular weight excluding hydrogens is 146 g/mol. The van der Waals surface area contributed by atoms with E-state index in [0.717, 1.165) is 6.42 Å². The molecule has 0 saturated carbocycles. The largest absolute Gasteiger partial charge is 0.245 e. The van der Waals surface area contributed by atoms with Crippen LogP contribution in [-0.2, 0) is 0 Å². The Hall–Kier alpha value is -0.480. The third-order valence-electron chi connectivity index (χ3n) is 1.87. The minimum atomic E-state index is 0.260. The minimum absolute atomic E-state index is 0.260. The molecule has 0 bridgehead atoms. The molecule has 0 unspecified atom stereocenters. The smallest absolute Gasteiger partial charge is 0.0712 e. The quantitative estimate of drug-likeness (QED) is 0.428. The van der Waals surface area contributed by atoms with Gasteiger partial charge in [-0.1, -0.05) is 44.9 Å². The number of hydrogen-bond acceptors (Lipinski definition) is 0. The summed E-state index contributed by atoms with van der Waals surface area (Å²) in [6.07, 6.45) is 8.95. The first-order valence-electron chi connectivity index (χ1n) is 5.02. The molecule has 0 amide bonds. The summed E-state index contributed by atoms with van der Waals surface area (Å²) in [4.78, 5) is 0. The highest BCUT2D eigenvalue weighted by Crippen LogP contribution is 2.05. The highest BCUT2D eigenvalue weighted by molar-refractivity contribution is 4.99. The molecule has 0 aliphatic carbocycles. The van der Waals surface area contributed by atoms with Gasteiger partial charge in [-0.25, -0.2) is 5.73 Å². The van der Waals surface area contributed by atoms with E-state index in [1.807, 2.05) is 0 Å². The second kappa shape index (κ2) is 10.5. The van der Waals surface area contributed by atoms with Crippen LogP contribution in [0.15, 0.2) is 0 Å². The monoisotopic (exact) mass is 166 g/mol. The second-order valence-electron chi connectivity index (χ2n) is 3.05. The van der Waals surface area contributed by atoms with Gasteiger partial charge in [0, 0.05) is 6.42 Å². The molecule has 0 aliphatic heterocycles. The number of hydrogen-bond donors (Lipinski definition) is 0. The molecule has 69 valence electrons. The lowest BCUT2D eigenvalue weighted by Crippen LogP contribution is -1.79. The van der Waals surface area contributed by atoms with Gasteiger partial charge in [0.1, 0.15) is 0 Å². The van der Waals surface area contributed by atoms with Crippen LogP contribution in [0.2, 0.25) is 0 Å². The average Bonchev–Trinajstić information content (AvgIpc) is 2.10. The van der Waals surface area contributed by atoms with Crippen LogP contribution in [0, 0.1) is 11.8 Å².